The van der Waals surface area contributed by atoms with Crippen LogP contribution in [0.15, 0.2) is 42.5 Å². The van der Waals surface area contributed by atoms with Gasteiger partial charge in [0.05, 0.1) is 29.4 Å². The van der Waals surface area contributed by atoms with E-state index in [2.05, 4.69) is 9.97 Å². The van der Waals surface area contributed by atoms with Crippen LogP contribution in [0, 0.1) is 12.7 Å². The number of fused-ring (bicyclic) bond motifs is 4. The third-order valence-electron chi connectivity index (χ3n) is 5.88. The van der Waals surface area contributed by atoms with Crippen molar-refractivity contribution in [3.63, 3.8) is 0 Å². The minimum Gasteiger partial charge on any atom is -0.465 e. The normalized spacial score (nSPS) is 13.5. The number of hydrogen-bond donors (Lipinski definition) is 1. The van der Waals surface area contributed by atoms with Crippen LogP contribution in [0.4, 0.5) is 4.39 Å². The van der Waals surface area contributed by atoms with Crippen molar-refractivity contribution in [2.24, 2.45) is 0 Å². The van der Waals surface area contributed by atoms with Crippen LogP contribution in [-0.2, 0) is 17.7 Å². The molecule has 2 aromatic heterocycles. The summed E-state index contributed by atoms with van der Waals surface area (Å²) in [7, 11) is 1.35. The number of aromatic amines is 1. The summed E-state index contributed by atoms with van der Waals surface area (Å²) in [6.45, 7) is 2.77. The Labute approximate surface area is 177 Å². The van der Waals surface area contributed by atoms with Gasteiger partial charge in [-0.1, -0.05) is 0 Å². The minimum atomic E-state index is -0.394. The van der Waals surface area contributed by atoms with Crippen LogP contribution in [0.2, 0.25) is 0 Å². The zero-order valence-electron chi connectivity index (χ0n) is 17.2. The average molecular weight is 417 g/mol. The zero-order chi connectivity index (χ0) is 21.7. The Morgan fingerprint density at radius 2 is 2.00 bits per heavy atom. The summed E-state index contributed by atoms with van der Waals surface area (Å²) in [6.07, 6.45) is 0.689. The third kappa shape index (κ3) is 3.22. The number of benzene rings is 2. The number of rotatable bonds is 2. The first kappa shape index (κ1) is 19.2. The number of ether oxygens (including phenoxy) is 1. The Morgan fingerprint density at radius 1 is 1.16 bits per heavy atom. The number of hydrogen-bond acceptors (Lipinski definition) is 4. The van der Waals surface area contributed by atoms with Gasteiger partial charge in [0.2, 0.25) is 0 Å². The summed E-state index contributed by atoms with van der Waals surface area (Å²) < 4.78 is 18.3. The van der Waals surface area contributed by atoms with Crippen LogP contribution in [0.3, 0.4) is 0 Å². The number of methoxy groups -OCH3 is 1. The van der Waals surface area contributed by atoms with Gasteiger partial charge in [-0.15, -0.1) is 0 Å². The lowest BCUT2D eigenvalue weighted by atomic mass is 10.0. The van der Waals surface area contributed by atoms with Crippen molar-refractivity contribution in [1.29, 1.82) is 0 Å². The van der Waals surface area contributed by atoms with Gasteiger partial charge in [0.15, 0.2) is 0 Å². The number of carbonyl (C=O) groups is 2. The quantitative estimate of drug-likeness (QED) is 0.497. The largest absolute Gasteiger partial charge is 0.465 e. The number of aryl methyl sites for hydroxylation is 1. The van der Waals surface area contributed by atoms with Crippen molar-refractivity contribution in [1.82, 2.24) is 14.9 Å². The molecule has 2 aromatic carbocycles. The molecule has 3 heterocycles. The summed E-state index contributed by atoms with van der Waals surface area (Å²) in [4.78, 5) is 34.9. The van der Waals surface area contributed by atoms with Crippen molar-refractivity contribution in [3.8, 4) is 0 Å². The van der Waals surface area contributed by atoms with Gasteiger partial charge in [0.1, 0.15) is 5.82 Å². The maximum atomic E-state index is 13.5. The molecular formula is C24H20FN3O3. The predicted octanol–water partition coefficient (Wildman–Crippen LogP) is 4.15. The van der Waals surface area contributed by atoms with E-state index in [1.807, 2.05) is 12.1 Å². The second-order valence-electron chi connectivity index (χ2n) is 7.77. The molecule has 0 saturated carbocycles. The van der Waals surface area contributed by atoms with E-state index in [9.17, 15) is 14.0 Å². The van der Waals surface area contributed by atoms with Crippen LogP contribution < -0.4 is 0 Å². The number of pyridine rings is 1. The number of halogens is 1. The first-order chi connectivity index (χ1) is 14.9. The van der Waals surface area contributed by atoms with Crippen LogP contribution >= 0.6 is 0 Å². The van der Waals surface area contributed by atoms with Gasteiger partial charge in [0.25, 0.3) is 5.91 Å². The maximum absolute atomic E-state index is 13.5. The van der Waals surface area contributed by atoms with Gasteiger partial charge < -0.3 is 14.6 Å². The SMILES string of the molecule is COC(=O)c1ccc2[nH]c3c(c2c1)CN(C(=O)c1cc2ccc(F)cc2nc1C)CC3. The molecule has 1 aliphatic rings. The Morgan fingerprint density at radius 3 is 2.81 bits per heavy atom. The minimum absolute atomic E-state index is 0.111. The monoisotopic (exact) mass is 417 g/mol. The van der Waals surface area contributed by atoms with E-state index in [4.69, 9.17) is 4.74 Å². The standard InChI is InChI=1S/C24H20FN3O3/c1-13-17(9-14-3-5-16(25)11-22(14)26-13)23(29)28-8-7-21-19(12-28)18-10-15(24(30)31-2)4-6-20(18)27-21/h3-6,9-11,27H,7-8,12H2,1-2H3. The van der Waals surface area contributed by atoms with Crippen molar-refractivity contribution < 1.29 is 18.7 Å². The molecule has 7 heteroatoms. The number of nitrogens with one attached hydrogen (secondary N) is 1. The van der Waals surface area contributed by atoms with E-state index in [0.717, 1.165) is 27.5 Å². The number of H-pyrrole nitrogens is 1. The van der Waals surface area contributed by atoms with Gasteiger partial charge >= 0.3 is 5.97 Å². The molecule has 1 N–H and O–H groups in total. The fourth-order valence-electron chi connectivity index (χ4n) is 4.26. The van der Waals surface area contributed by atoms with E-state index in [0.29, 0.717) is 41.8 Å². The Balaban J connectivity index is 1.50. The molecule has 31 heavy (non-hydrogen) atoms. The van der Waals surface area contributed by atoms with Crippen LogP contribution in [0.25, 0.3) is 21.8 Å². The number of amides is 1. The Bertz CT molecular complexity index is 1380. The molecule has 1 amide bonds. The molecule has 4 aromatic rings. The van der Waals surface area contributed by atoms with Crippen molar-refractivity contribution in [2.75, 3.05) is 13.7 Å². The Kier molecular flexibility index (Phi) is 4.46. The molecule has 0 saturated heterocycles. The molecule has 0 spiro atoms. The molecule has 1 aliphatic heterocycles. The Hall–Kier alpha value is -3.74. The molecule has 0 aliphatic carbocycles. The van der Waals surface area contributed by atoms with E-state index in [1.165, 1.54) is 19.2 Å². The smallest absolute Gasteiger partial charge is 0.337 e. The lowest BCUT2D eigenvalue weighted by Crippen LogP contribution is -2.36. The zero-order valence-corrected chi connectivity index (χ0v) is 17.2. The highest BCUT2D eigenvalue weighted by Gasteiger charge is 2.26. The van der Waals surface area contributed by atoms with Crippen LogP contribution in [0.5, 0.6) is 0 Å². The van der Waals surface area contributed by atoms with Gasteiger partial charge in [-0.25, -0.2) is 9.18 Å². The number of esters is 1. The highest BCUT2D eigenvalue weighted by molar-refractivity contribution is 6.00. The first-order valence-corrected chi connectivity index (χ1v) is 10.0. The molecule has 6 nitrogen and oxygen atoms in total. The lowest BCUT2D eigenvalue weighted by Gasteiger charge is -2.28. The van der Waals surface area contributed by atoms with Crippen molar-refractivity contribution in [3.05, 3.63) is 76.4 Å². The summed E-state index contributed by atoms with van der Waals surface area (Å²) in [5.74, 6) is -0.858. The number of aromatic nitrogens is 2. The summed E-state index contributed by atoms with van der Waals surface area (Å²) >= 11 is 0. The molecule has 156 valence electrons. The average Bonchev–Trinajstić information content (AvgIpc) is 3.14. The van der Waals surface area contributed by atoms with Gasteiger partial charge in [0, 0.05) is 53.1 Å². The second kappa shape index (κ2) is 7.19. The molecular weight excluding hydrogens is 397 g/mol. The molecule has 0 radical (unpaired) electrons. The van der Waals surface area contributed by atoms with E-state index in [-0.39, 0.29) is 11.7 Å². The van der Waals surface area contributed by atoms with Crippen LogP contribution in [0.1, 0.15) is 37.7 Å². The van der Waals surface area contributed by atoms with E-state index in [1.54, 1.807) is 30.0 Å². The molecule has 0 bridgehead atoms. The fourth-order valence-corrected chi connectivity index (χ4v) is 4.26. The van der Waals surface area contributed by atoms with Gasteiger partial charge in [-0.2, -0.15) is 0 Å². The highest BCUT2D eigenvalue weighted by atomic mass is 19.1. The van der Waals surface area contributed by atoms with Gasteiger partial charge in [-0.05, 0) is 43.3 Å². The van der Waals surface area contributed by atoms with Crippen LogP contribution in [-0.4, -0.2) is 40.4 Å². The summed E-state index contributed by atoms with van der Waals surface area (Å²) in [5, 5.41) is 1.64. The number of nitrogens with zero attached hydrogens (tertiary/aromatic N) is 2. The predicted molar refractivity (Wildman–Crippen MR) is 115 cm³/mol. The lowest BCUT2D eigenvalue weighted by molar-refractivity contribution is 0.0600. The summed E-state index contributed by atoms with van der Waals surface area (Å²) in [6, 6.07) is 11.5. The summed E-state index contributed by atoms with van der Waals surface area (Å²) in [5.41, 5.74) is 5.10. The second-order valence-corrected chi connectivity index (χ2v) is 7.77. The topological polar surface area (TPSA) is 75.3 Å². The molecule has 0 unspecified atom stereocenters. The molecule has 0 atom stereocenters. The third-order valence-corrected chi connectivity index (χ3v) is 5.88. The van der Waals surface area contributed by atoms with E-state index < -0.39 is 5.97 Å². The number of carbonyl (C=O) groups excluding carboxylic acids is 2. The van der Waals surface area contributed by atoms with Gasteiger partial charge in [-0.3, -0.25) is 9.78 Å². The fraction of sp³-hybridized carbons (Fsp3) is 0.208. The van der Waals surface area contributed by atoms with Crippen molar-refractivity contribution >= 4 is 33.7 Å². The maximum Gasteiger partial charge on any atom is 0.337 e. The molecule has 5 rings (SSSR count). The molecule has 0 fully saturated rings. The highest BCUT2D eigenvalue weighted by Crippen LogP contribution is 2.30. The first-order valence-electron chi connectivity index (χ1n) is 10.0. The van der Waals surface area contributed by atoms with Crippen molar-refractivity contribution in [2.45, 2.75) is 19.9 Å². The van der Waals surface area contributed by atoms with E-state index >= 15 is 0 Å².